The van der Waals surface area contributed by atoms with E-state index in [1.807, 2.05) is 0 Å². The van der Waals surface area contributed by atoms with Crippen LogP contribution in [0.15, 0.2) is 22.0 Å². The Bertz CT molecular complexity index is 134. The monoisotopic (exact) mass is 178 g/mol. The Morgan fingerprint density at radius 2 is 1.30 bits per heavy atom. The van der Waals surface area contributed by atoms with Gasteiger partial charge in [-0.1, -0.05) is 0 Å². The molecule has 10 heavy (non-hydrogen) atoms. The average molecular weight is 178 g/mol. The molecule has 2 nitrogen and oxygen atoms in total. The van der Waals surface area contributed by atoms with Crippen LogP contribution in [0.5, 0.6) is 0 Å². The van der Waals surface area contributed by atoms with Crippen LogP contribution >= 0.6 is 25.3 Å². The smallest absolute Gasteiger partial charge is 0.0738 e. The van der Waals surface area contributed by atoms with E-state index >= 15 is 0 Å². The molecule has 2 N–H and O–H groups in total. The lowest BCUT2D eigenvalue weighted by molar-refractivity contribution is 0.338. The van der Waals surface area contributed by atoms with Crippen molar-refractivity contribution in [2.24, 2.45) is 0 Å². The molecule has 0 saturated carbocycles. The van der Waals surface area contributed by atoms with Crippen molar-refractivity contribution >= 4 is 25.3 Å². The van der Waals surface area contributed by atoms with Crippen molar-refractivity contribution in [3.8, 4) is 0 Å². The fraction of sp³-hybridized carbons (Fsp3) is 0.333. The van der Waals surface area contributed by atoms with Crippen molar-refractivity contribution in [1.82, 2.24) is 0 Å². The SMILES string of the molecule is OC/C(S)=C/C=C(\S)CO. The number of allylic oxidation sites excluding steroid dienone is 2. The third kappa shape index (κ3) is 4.93. The molecule has 0 saturated heterocycles. The molecule has 0 aliphatic carbocycles. The Kier molecular flexibility index (Phi) is 5.91. The number of hydrogen-bond acceptors (Lipinski definition) is 4. The topological polar surface area (TPSA) is 40.5 Å². The average Bonchev–Trinajstić information content (AvgIpc) is 1.99. The van der Waals surface area contributed by atoms with E-state index in [-0.39, 0.29) is 13.2 Å². The molecule has 0 unspecified atom stereocenters. The summed E-state index contributed by atoms with van der Waals surface area (Å²) in [4.78, 5) is 1.08. The second-order valence-electron chi connectivity index (χ2n) is 1.63. The predicted octanol–water partition coefficient (Wildman–Crippen LogP) is 0.598. The lowest BCUT2D eigenvalue weighted by Crippen LogP contribution is -1.81. The first kappa shape index (κ1) is 10.1. The normalized spacial score (nSPS) is 14.0. The third-order valence-corrected chi connectivity index (χ3v) is 1.37. The van der Waals surface area contributed by atoms with Gasteiger partial charge in [0.25, 0.3) is 0 Å². The molecule has 0 bridgehead atoms. The number of thiol groups is 2. The van der Waals surface area contributed by atoms with E-state index in [9.17, 15) is 0 Å². The van der Waals surface area contributed by atoms with Crippen molar-refractivity contribution in [1.29, 1.82) is 0 Å². The van der Waals surface area contributed by atoms with Gasteiger partial charge >= 0.3 is 0 Å². The van der Waals surface area contributed by atoms with Gasteiger partial charge in [0.15, 0.2) is 0 Å². The van der Waals surface area contributed by atoms with E-state index in [1.165, 1.54) is 0 Å². The zero-order valence-corrected chi connectivity index (χ0v) is 7.15. The van der Waals surface area contributed by atoms with E-state index in [4.69, 9.17) is 10.2 Å². The molecule has 0 atom stereocenters. The molecule has 0 amide bonds. The maximum Gasteiger partial charge on any atom is 0.0738 e. The highest BCUT2D eigenvalue weighted by Crippen LogP contribution is 2.03. The summed E-state index contributed by atoms with van der Waals surface area (Å²) >= 11 is 7.79. The fourth-order valence-corrected chi connectivity index (χ4v) is 0.447. The van der Waals surface area contributed by atoms with E-state index in [1.54, 1.807) is 12.2 Å². The van der Waals surface area contributed by atoms with E-state index in [2.05, 4.69) is 25.3 Å². The van der Waals surface area contributed by atoms with Crippen LogP contribution in [0, 0.1) is 0 Å². The van der Waals surface area contributed by atoms with Gasteiger partial charge in [-0.05, 0) is 12.2 Å². The molecule has 0 fully saturated rings. The molecular weight excluding hydrogens is 168 g/mol. The molecule has 0 aromatic heterocycles. The third-order valence-electron chi connectivity index (χ3n) is 0.792. The quantitative estimate of drug-likeness (QED) is 0.377. The van der Waals surface area contributed by atoms with E-state index in [0.29, 0.717) is 9.81 Å². The van der Waals surface area contributed by atoms with Crippen molar-refractivity contribution < 1.29 is 10.2 Å². The van der Waals surface area contributed by atoms with Gasteiger partial charge in [0.2, 0.25) is 0 Å². The van der Waals surface area contributed by atoms with Crippen LogP contribution in [0.1, 0.15) is 0 Å². The minimum Gasteiger partial charge on any atom is -0.391 e. The summed E-state index contributed by atoms with van der Waals surface area (Å²) in [7, 11) is 0. The maximum atomic E-state index is 8.46. The van der Waals surface area contributed by atoms with Crippen LogP contribution in [-0.4, -0.2) is 23.4 Å². The van der Waals surface area contributed by atoms with Crippen LogP contribution in [0.25, 0.3) is 0 Å². The van der Waals surface area contributed by atoms with Crippen LogP contribution in [0.3, 0.4) is 0 Å². The number of aliphatic hydroxyl groups is 2. The number of hydrogen-bond donors (Lipinski definition) is 4. The van der Waals surface area contributed by atoms with Crippen LogP contribution in [-0.2, 0) is 0 Å². The Hall–Kier alpha value is 0.1000. The lowest BCUT2D eigenvalue weighted by Gasteiger charge is -1.90. The first-order valence-corrected chi connectivity index (χ1v) is 3.59. The van der Waals surface area contributed by atoms with Gasteiger partial charge in [0, 0.05) is 9.81 Å². The summed E-state index contributed by atoms with van der Waals surface area (Å²) in [5.74, 6) is 0. The van der Waals surface area contributed by atoms with Crippen LogP contribution < -0.4 is 0 Å². The second-order valence-corrected chi connectivity index (χ2v) is 2.78. The minimum absolute atomic E-state index is 0.0912. The van der Waals surface area contributed by atoms with Crippen LogP contribution in [0.4, 0.5) is 0 Å². The zero-order chi connectivity index (χ0) is 7.98. The Labute approximate surface area is 71.1 Å². The van der Waals surface area contributed by atoms with Crippen molar-refractivity contribution in [2.45, 2.75) is 0 Å². The zero-order valence-electron chi connectivity index (χ0n) is 5.36. The van der Waals surface area contributed by atoms with Gasteiger partial charge < -0.3 is 10.2 Å². The number of aliphatic hydroxyl groups excluding tert-OH is 2. The first-order chi connectivity index (χ1) is 4.70. The lowest BCUT2D eigenvalue weighted by atomic mass is 10.4. The second kappa shape index (κ2) is 5.85. The molecule has 0 rings (SSSR count). The Morgan fingerprint density at radius 1 is 1.00 bits per heavy atom. The van der Waals surface area contributed by atoms with Gasteiger partial charge in [-0.2, -0.15) is 0 Å². The summed E-state index contributed by atoms with van der Waals surface area (Å²) in [5, 5.41) is 16.9. The molecule has 0 heterocycles. The molecule has 0 aliphatic heterocycles. The molecule has 0 aromatic carbocycles. The Balaban J connectivity index is 3.91. The molecule has 0 aliphatic rings. The molecular formula is C6H10O2S2. The van der Waals surface area contributed by atoms with Gasteiger partial charge in [-0.25, -0.2) is 0 Å². The summed E-state index contributed by atoms with van der Waals surface area (Å²) in [6.07, 6.45) is 3.17. The van der Waals surface area contributed by atoms with Crippen LogP contribution in [0.2, 0.25) is 0 Å². The molecule has 0 radical (unpaired) electrons. The van der Waals surface area contributed by atoms with Crippen molar-refractivity contribution in [3.63, 3.8) is 0 Å². The molecule has 4 heteroatoms. The van der Waals surface area contributed by atoms with Gasteiger partial charge in [0.1, 0.15) is 0 Å². The summed E-state index contributed by atoms with van der Waals surface area (Å²) < 4.78 is 0. The molecule has 0 aromatic rings. The summed E-state index contributed by atoms with van der Waals surface area (Å²) in [6.45, 7) is -0.182. The standard InChI is InChI=1S/C6H10O2S2/c7-3-5(9)1-2-6(10)4-8/h1-2,7-10H,3-4H2/b5-1-,6-2-. The highest BCUT2D eigenvalue weighted by molar-refractivity contribution is 7.84. The van der Waals surface area contributed by atoms with Gasteiger partial charge in [0.05, 0.1) is 13.2 Å². The summed E-state index contributed by atoms with van der Waals surface area (Å²) in [6, 6.07) is 0. The fourth-order valence-electron chi connectivity index (χ4n) is 0.298. The minimum atomic E-state index is -0.0912. The largest absolute Gasteiger partial charge is 0.391 e. The molecule has 0 spiro atoms. The molecule has 58 valence electrons. The summed E-state index contributed by atoms with van der Waals surface area (Å²) in [5.41, 5.74) is 0. The highest BCUT2D eigenvalue weighted by atomic mass is 32.1. The maximum absolute atomic E-state index is 8.46. The number of rotatable bonds is 3. The first-order valence-electron chi connectivity index (χ1n) is 2.70. The van der Waals surface area contributed by atoms with E-state index < -0.39 is 0 Å². The Morgan fingerprint density at radius 3 is 1.50 bits per heavy atom. The van der Waals surface area contributed by atoms with Gasteiger partial charge in [-0.3, -0.25) is 0 Å². The van der Waals surface area contributed by atoms with Gasteiger partial charge in [-0.15, -0.1) is 25.3 Å². The predicted molar refractivity (Wildman–Crippen MR) is 48.3 cm³/mol. The van der Waals surface area contributed by atoms with E-state index in [0.717, 1.165) is 0 Å². The van der Waals surface area contributed by atoms with Crippen molar-refractivity contribution in [2.75, 3.05) is 13.2 Å². The van der Waals surface area contributed by atoms with Crippen molar-refractivity contribution in [3.05, 3.63) is 22.0 Å². The highest BCUT2D eigenvalue weighted by Gasteiger charge is 1.84.